The van der Waals surface area contributed by atoms with E-state index in [1.807, 2.05) is 11.8 Å². The van der Waals surface area contributed by atoms with Gasteiger partial charge < -0.3 is 14.2 Å². The van der Waals surface area contributed by atoms with Crippen LogP contribution >= 0.6 is 0 Å². The third-order valence-electron chi connectivity index (χ3n) is 4.83. The van der Waals surface area contributed by atoms with E-state index in [0.29, 0.717) is 38.0 Å². The zero-order valence-corrected chi connectivity index (χ0v) is 14.0. The van der Waals surface area contributed by atoms with Gasteiger partial charge >= 0.3 is 0 Å². The van der Waals surface area contributed by atoms with Gasteiger partial charge in [0.25, 0.3) is 0 Å². The van der Waals surface area contributed by atoms with E-state index in [1.54, 1.807) is 6.92 Å². The maximum Gasteiger partial charge on any atom is 0.236 e. The summed E-state index contributed by atoms with van der Waals surface area (Å²) in [4.78, 5) is 18.8. The van der Waals surface area contributed by atoms with Gasteiger partial charge in [-0.15, -0.1) is 0 Å². The lowest BCUT2D eigenvalue weighted by molar-refractivity contribution is -0.137. The zero-order chi connectivity index (χ0) is 16.3. The van der Waals surface area contributed by atoms with E-state index in [9.17, 15) is 4.79 Å². The highest BCUT2D eigenvalue weighted by Gasteiger charge is 2.38. The number of aromatic nitrogens is 2. The first-order valence-corrected chi connectivity index (χ1v) is 8.54. The van der Waals surface area contributed by atoms with Gasteiger partial charge in [0, 0.05) is 20.0 Å². The number of ether oxygens (including phenoxy) is 1. The van der Waals surface area contributed by atoms with Crippen molar-refractivity contribution >= 4 is 5.91 Å². The van der Waals surface area contributed by atoms with Gasteiger partial charge in [0.05, 0.1) is 24.8 Å². The summed E-state index contributed by atoms with van der Waals surface area (Å²) >= 11 is 0. The Morgan fingerprint density at radius 2 is 2.17 bits per heavy atom. The molecule has 1 atom stereocenters. The predicted octanol–water partition coefficient (Wildman–Crippen LogP) is 1.37. The molecule has 0 aromatic carbocycles. The molecule has 1 aliphatic heterocycles. The highest BCUT2D eigenvalue weighted by molar-refractivity contribution is 5.78. The first-order valence-electron chi connectivity index (χ1n) is 8.54. The van der Waals surface area contributed by atoms with Gasteiger partial charge in [-0.25, -0.2) is 0 Å². The van der Waals surface area contributed by atoms with E-state index in [0.717, 1.165) is 25.7 Å². The minimum absolute atomic E-state index is 0.108. The topological polar surface area (TPSA) is 80.5 Å². The smallest absolute Gasteiger partial charge is 0.236 e. The number of hydrogen-bond acceptors (Lipinski definition) is 6. The average Bonchev–Trinajstić information content (AvgIpc) is 3.01. The van der Waals surface area contributed by atoms with Crippen molar-refractivity contribution in [2.24, 2.45) is 0 Å². The van der Waals surface area contributed by atoms with Crippen LogP contribution in [0.5, 0.6) is 0 Å². The number of nitrogens with zero attached hydrogens (tertiary/aromatic N) is 3. The maximum absolute atomic E-state index is 12.5. The summed E-state index contributed by atoms with van der Waals surface area (Å²) < 4.78 is 10.7. The number of amides is 1. The number of morpholine rings is 1. The highest BCUT2D eigenvalue weighted by Crippen LogP contribution is 2.35. The van der Waals surface area contributed by atoms with E-state index < -0.39 is 0 Å². The summed E-state index contributed by atoms with van der Waals surface area (Å²) in [6, 6.07) is 0. The van der Waals surface area contributed by atoms with Crippen LogP contribution in [0.4, 0.5) is 0 Å². The van der Waals surface area contributed by atoms with Crippen LogP contribution in [0, 0.1) is 6.92 Å². The van der Waals surface area contributed by atoms with Crippen LogP contribution in [0.1, 0.15) is 50.7 Å². The number of aryl methyl sites for hydroxylation is 1. The molecule has 128 valence electrons. The third kappa shape index (κ3) is 3.72. The van der Waals surface area contributed by atoms with Crippen molar-refractivity contribution in [3.63, 3.8) is 0 Å². The van der Waals surface area contributed by atoms with Crippen molar-refractivity contribution in [3.05, 3.63) is 11.7 Å². The molecule has 1 saturated carbocycles. The molecule has 0 bridgehead atoms. The largest absolute Gasteiger partial charge is 0.375 e. The Hall–Kier alpha value is -1.47. The Labute approximate surface area is 136 Å². The Morgan fingerprint density at radius 3 is 2.83 bits per heavy atom. The number of rotatable bonds is 4. The quantitative estimate of drug-likeness (QED) is 0.902. The second-order valence-corrected chi connectivity index (χ2v) is 6.65. The summed E-state index contributed by atoms with van der Waals surface area (Å²) in [6.07, 6.45) is 5.44. The fraction of sp³-hybridized carbons (Fsp3) is 0.812. The molecule has 2 aliphatic rings. The van der Waals surface area contributed by atoms with Crippen molar-refractivity contribution in [1.82, 2.24) is 20.4 Å². The number of nitrogens with one attached hydrogen (secondary N) is 1. The Balaban J connectivity index is 1.66. The van der Waals surface area contributed by atoms with Crippen LogP contribution in [0.25, 0.3) is 0 Å². The van der Waals surface area contributed by atoms with Crippen LogP contribution in [0.3, 0.4) is 0 Å². The van der Waals surface area contributed by atoms with Gasteiger partial charge in [0.1, 0.15) is 0 Å². The predicted molar refractivity (Wildman–Crippen MR) is 83.8 cm³/mol. The molecule has 1 N–H and O–H groups in total. The standard InChI is InChI=1S/C16H26N4O3/c1-12-11-20(8-9-22-12)14(21)10-17-16(6-4-3-5-7-16)15-18-13(2)23-19-15/h12,17H,3-11H2,1-2H3/t12-/m0/s1. The van der Waals surface area contributed by atoms with Crippen LogP contribution < -0.4 is 5.32 Å². The number of hydrogen-bond donors (Lipinski definition) is 1. The molecule has 0 unspecified atom stereocenters. The summed E-state index contributed by atoms with van der Waals surface area (Å²) in [7, 11) is 0. The molecule has 23 heavy (non-hydrogen) atoms. The Kier molecular flexibility index (Phi) is 4.96. The van der Waals surface area contributed by atoms with Crippen LogP contribution in [0.2, 0.25) is 0 Å². The molecule has 3 rings (SSSR count). The molecule has 1 amide bonds. The van der Waals surface area contributed by atoms with Crippen LogP contribution in [-0.4, -0.2) is 53.3 Å². The van der Waals surface area contributed by atoms with Gasteiger partial charge in [-0.1, -0.05) is 24.4 Å². The molecule has 1 aromatic rings. The lowest BCUT2D eigenvalue weighted by Gasteiger charge is -2.37. The summed E-state index contributed by atoms with van der Waals surface area (Å²) in [6.45, 7) is 6.04. The van der Waals surface area contributed by atoms with E-state index in [4.69, 9.17) is 9.26 Å². The molecule has 1 aliphatic carbocycles. The van der Waals surface area contributed by atoms with Crippen molar-refractivity contribution in [1.29, 1.82) is 0 Å². The van der Waals surface area contributed by atoms with Gasteiger partial charge in [-0.3, -0.25) is 10.1 Å². The summed E-state index contributed by atoms with van der Waals surface area (Å²) in [5.41, 5.74) is -0.330. The third-order valence-corrected chi connectivity index (χ3v) is 4.83. The second kappa shape index (κ2) is 6.97. The molecule has 1 saturated heterocycles. The normalized spacial score (nSPS) is 24.6. The molecular formula is C16H26N4O3. The van der Waals surface area contributed by atoms with Gasteiger partial charge in [0.2, 0.25) is 11.8 Å². The minimum Gasteiger partial charge on any atom is -0.375 e. The molecule has 0 spiro atoms. The van der Waals surface area contributed by atoms with Gasteiger partial charge in [-0.05, 0) is 19.8 Å². The molecule has 2 heterocycles. The molecule has 0 radical (unpaired) electrons. The maximum atomic E-state index is 12.5. The molecule has 7 heteroatoms. The first-order chi connectivity index (χ1) is 11.1. The first kappa shape index (κ1) is 16.4. The minimum atomic E-state index is -0.330. The van der Waals surface area contributed by atoms with Crippen LogP contribution in [-0.2, 0) is 15.1 Å². The Morgan fingerprint density at radius 1 is 1.39 bits per heavy atom. The SMILES string of the molecule is Cc1nc(C2(NCC(=O)N3CCO[C@@H](C)C3)CCCCC2)no1. The van der Waals surface area contributed by atoms with E-state index in [-0.39, 0.29) is 17.6 Å². The zero-order valence-electron chi connectivity index (χ0n) is 14.0. The van der Waals surface area contributed by atoms with Crippen molar-refractivity contribution in [3.8, 4) is 0 Å². The van der Waals surface area contributed by atoms with E-state index >= 15 is 0 Å². The fourth-order valence-electron chi connectivity index (χ4n) is 3.53. The number of carbonyl (C=O) groups excluding carboxylic acids is 1. The highest BCUT2D eigenvalue weighted by atomic mass is 16.5. The summed E-state index contributed by atoms with van der Waals surface area (Å²) in [5, 5.41) is 7.58. The summed E-state index contributed by atoms with van der Waals surface area (Å²) in [5.74, 6) is 1.38. The molecule has 2 fully saturated rings. The molecular weight excluding hydrogens is 296 g/mol. The lowest BCUT2D eigenvalue weighted by atomic mass is 9.81. The van der Waals surface area contributed by atoms with Gasteiger partial charge in [-0.2, -0.15) is 4.98 Å². The fourth-order valence-corrected chi connectivity index (χ4v) is 3.53. The van der Waals surface area contributed by atoms with Crippen molar-refractivity contribution < 1.29 is 14.1 Å². The van der Waals surface area contributed by atoms with E-state index in [1.165, 1.54) is 6.42 Å². The van der Waals surface area contributed by atoms with Crippen LogP contribution in [0.15, 0.2) is 4.52 Å². The lowest BCUT2D eigenvalue weighted by Crippen LogP contribution is -2.52. The number of carbonyl (C=O) groups is 1. The molecule has 1 aromatic heterocycles. The van der Waals surface area contributed by atoms with E-state index in [2.05, 4.69) is 15.5 Å². The van der Waals surface area contributed by atoms with Gasteiger partial charge in [0.15, 0.2) is 5.82 Å². The second-order valence-electron chi connectivity index (χ2n) is 6.65. The monoisotopic (exact) mass is 322 g/mol. The molecule has 7 nitrogen and oxygen atoms in total. The Bertz CT molecular complexity index is 539. The average molecular weight is 322 g/mol. The van der Waals surface area contributed by atoms with Crippen molar-refractivity contribution in [2.45, 2.75) is 57.6 Å². The van der Waals surface area contributed by atoms with Crippen molar-refractivity contribution in [2.75, 3.05) is 26.2 Å².